The molecule has 6 heterocycles. The van der Waals surface area contributed by atoms with Gasteiger partial charge >= 0.3 is 0 Å². The predicted octanol–water partition coefficient (Wildman–Crippen LogP) is 15.9. The summed E-state index contributed by atoms with van der Waals surface area (Å²) in [5.74, 6) is 1.75. The van der Waals surface area contributed by atoms with Crippen molar-refractivity contribution in [3.63, 3.8) is 0 Å². The Morgan fingerprint density at radius 1 is 0.405 bits per heavy atom. The fourth-order valence-electron chi connectivity index (χ4n) is 14.0. The van der Waals surface area contributed by atoms with Crippen molar-refractivity contribution >= 4 is 87.6 Å². The number of non-ortho nitro benzene ring substituents is 3. The maximum Gasteiger partial charge on any atom is 0.271 e. The van der Waals surface area contributed by atoms with E-state index >= 15 is 0 Å². The van der Waals surface area contributed by atoms with Crippen molar-refractivity contribution in [1.29, 1.82) is 0 Å². The Hall–Kier alpha value is -8.19. The summed E-state index contributed by atoms with van der Waals surface area (Å²) in [4.78, 5) is 44.5. The van der Waals surface area contributed by atoms with Crippen LogP contribution < -0.4 is 28.9 Å². The van der Waals surface area contributed by atoms with E-state index in [1.54, 1.807) is 36.4 Å². The number of rotatable bonds is 12. The van der Waals surface area contributed by atoms with E-state index in [-0.39, 0.29) is 31.8 Å². The molecule has 7 aromatic carbocycles. The molecule has 7 aromatic rings. The van der Waals surface area contributed by atoms with Gasteiger partial charge in [-0.15, -0.1) is 35.3 Å². The van der Waals surface area contributed by atoms with Gasteiger partial charge in [0.05, 0.1) is 45.7 Å². The Kier molecular flexibility index (Phi) is 12.7. The van der Waals surface area contributed by atoms with E-state index in [0.29, 0.717) is 68.3 Å². The molecule has 0 radical (unpaired) electrons. The van der Waals surface area contributed by atoms with Crippen LogP contribution in [-0.4, -0.2) is 50.7 Å². The number of benzene rings is 7. The van der Waals surface area contributed by atoms with E-state index in [9.17, 15) is 30.3 Å². The normalized spacial score (nSPS) is 21.8. The zero-order valence-electron chi connectivity index (χ0n) is 47.8. The van der Waals surface area contributed by atoms with Crippen LogP contribution in [0.5, 0.6) is 17.2 Å². The summed E-state index contributed by atoms with van der Waals surface area (Å²) in [6.45, 7) is 14.3. The minimum Gasteiger partial charge on any atom is -0.462 e. The van der Waals surface area contributed by atoms with E-state index in [2.05, 4.69) is 147 Å². The topological polar surface area (TPSA) is 167 Å². The molecule has 3 atom stereocenters. The Labute approximate surface area is 499 Å². The van der Waals surface area contributed by atoms with E-state index in [4.69, 9.17) is 14.2 Å². The third-order valence-electron chi connectivity index (χ3n) is 18.4. The summed E-state index contributed by atoms with van der Waals surface area (Å²) in [6, 6.07) is 41.5. The summed E-state index contributed by atoms with van der Waals surface area (Å²) in [7, 11) is 0. The van der Waals surface area contributed by atoms with Crippen LogP contribution in [0.25, 0.3) is 18.2 Å². The first-order valence-electron chi connectivity index (χ1n) is 27.6. The minimum absolute atomic E-state index is 0.00644. The molecule has 0 amide bonds. The molecule has 13 rings (SSSR count). The van der Waals surface area contributed by atoms with Crippen LogP contribution in [0.15, 0.2) is 160 Å². The van der Waals surface area contributed by atoms with Crippen molar-refractivity contribution in [3.8, 4) is 17.2 Å². The predicted molar refractivity (Wildman–Crippen MR) is 335 cm³/mol. The summed E-state index contributed by atoms with van der Waals surface area (Å²) in [6.07, 6.45) is 17.8. The first-order chi connectivity index (χ1) is 40.1. The summed E-state index contributed by atoms with van der Waals surface area (Å²) in [5, 5.41) is 36.6. The second kappa shape index (κ2) is 19.4. The number of para-hydroxylation sites is 3. The molecule has 18 heteroatoms. The first-order valence-corrected chi connectivity index (χ1v) is 31.3. The number of ether oxygens (including phenoxy) is 3. The fourth-order valence-corrected chi connectivity index (χ4v) is 15.8. The number of anilines is 3. The van der Waals surface area contributed by atoms with Crippen molar-refractivity contribution in [1.82, 2.24) is 0 Å². The van der Waals surface area contributed by atoms with Gasteiger partial charge in [-0.3, -0.25) is 30.3 Å². The number of fused-ring (bicyclic) bond motifs is 6. The third-order valence-corrected chi connectivity index (χ3v) is 20.6. The lowest BCUT2D eigenvalue weighted by Gasteiger charge is -2.48. The highest BCUT2D eigenvalue weighted by Gasteiger charge is 2.62. The van der Waals surface area contributed by atoms with Crippen molar-refractivity contribution in [2.45, 2.75) is 109 Å². The second-order valence-electron chi connectivity index (χ2n) is 23.7. The van der Waals surface area contributed by atoms with Gasteiger partial charge in [0.25, 0.3) is 17.1 Å². The zero-order valence-corrected chi connectivity index (χ0v) is 50.2. The van der Waals surface area contributed by atoms with Gasteiger partial charge < -0.3 is 28.9 Å². The number of thioether (sulfide) groups is 3. The van der Waals surface area contributed by atoms with Gasteiger partial charge in [0.15, 0.2) is 0 Å². The average Bonchev–Trinajstić information content (AvgIpc) is 1.73. The maximum atomic E-state index is 12.2. The second-order valence-corrected chi connectivity index (χ2v) is 26.3. The van der Waals surface area contributed by atoms with Gasteiger partial charge in [-0.2, -0.15) is 0 Å². The molecule has 0 bridgehead atoms. The number of hydrogen-bond donors (Lipinski definition) is 0. The molecule has 0 N–H and O–H groups in total. The SMILES string of the molecule is CSc1cc([N+](=O)[O-])cc2c1OC1(C=C2)N(Cc2cc(CN3c4ccccc4C(C)(C)C34C=Cc3cc([N+](=O)[O-])cc(SC)c3O4)cc(CN3c4ccccc4C(C)(C)C34C=Cc3cc([N+](=O)[O-])cc(SC)c3O4)c2)c2ccccc2C1(C)C. The van der Waals surface area contributed by atoms with Gasteiger partial charge in [-0.25, -0.2) is 0 Å². The van der Waals surface area contributed by atoms with Gasteiger partial charge in [-0.1, -0.05) is 72.8 Å². The summed E-state index contributed by atoms with van der Waals surface area (Å²) < 4.78 is 22.4. The smallest absolute Gasteiger partial charge is 0.271 e. The van der Waals surface area contributed by atoms with Gasteiger partial charge in [-0.05, 0) is 148 Å². The van der Waals surface area contributed by atoms with E-state index in [1.807, 2.05) is 55.2 Å². The molecule has 0 aliphatic carbocycles. The Morgan fingerprint density at radius 3 is 0.917 bits per heavy atom. The lowest BCUT2D eigenvalue weighted by Crippen LogP contribution is -2.59. The van der Waals surface area contributed by atoms with Crippen molar-refractivity contribution in [2.75, 3.05) is 33.5 Å². The highest BCUT2D eigenvalue weighted by atomic mass is 32.2. The summed E-state index contributed by atoms with van der Waals surface area (Å²) >= 11 is 4.23. The lowest BCUT2D eigenvalue weighted by atomic mass is 9.76. The third kappa shape index (κ3) is 7.88. The molecular weight excluding hydrogens is 1120 g/mol. The lowest BCUT2D eigenvalue weighted by molar-refractivity contribution is -0.385. The highest BCUT2D eigenvalue weighted by Crippen LogP contribution is 2.61. The van der Waals surface area contributed by atoms with Crippen LogP contribution in [-0.2, 0) is 35.9 Å². The number of nitro benzene ring substituents is 3. The molecule has 0 fully saturated rings. The van der Waals surface area contributed by atoms with Crippen molar-refractivity contribution in [2.24, 2.45) is 0 Å². The Balaban J connectivity index is 0.988. The molecule has 84 heavy (non-hydrogen) atoms. The number of nitrogens with zero attached hydrogens (tertiary/aromatic N) is 6. The molecule has 3 spiro atoms. The molecule has 15 nitrogen and oxygen atoms in total. The van der Waals surface area contributed by atoms with Crippen LogP contribution in [0.2, 0.25) is 0 Å². The van der Waals surface area contributed by atoms with Crippen LogP contribution in [0.3, 0.4) is 0 Å². The first kappa shape index (κ1) is 55.0. The highest BCUT2D eigenvalue weighted by molar-refractivity contribution is 7.99. The fraction of sp³-hybridized carbons (Fsp3) is 0.273. The van der Waals surface area contributed by atoms with E-state index in [1.165, 1.54) is 35.3 Å². The van der Waals surface area contributed by atoms with Crippen LogP contribution >= 0.6 is 35.3 Å². The van der Waals surface area contributed by atoms with Crippen molar-refractivity contribution in [3.05, 3.63) is 226 Å². The molecule has 0 saturated carbocycles. The van der Waals surface area contributed by atoms with Crippen LogP contribution in [0.4, 0.5) is 34.1 Å². The molecule has 6 aliphatic rings. The molecule has 6 aliphatic heterocycles. The Bertz CT molecular complexity index is 3680. The summed E-state index contributed by atoms with van der Waals surface area (Å²) in [5.41, 5.74) is 5.87. The van der Waals surface area contributed by atoms with Gasteiger partial charge in [0.2, 0.25) is 17.2 Å². The average molecular weight is 1180 g/mol. The standard InChI is InChI=1S/C66H60N6O9S3/c1-61(2)49-16-10-13-19-52(49)67(64(61)25-22-43-31-46(70(73)74)34-55(82-7)58(43)79-64)37-40-28-41(38-68-53-20-14-11-17-50(53)62(3,4)65(68)26-23-44-32-47(71(75)76)35-56(83-8)59(44)80-65)30-42(29-40)39-69-54-21-15-12-18-51(54)63(5,6)66(69)27-24-45-33-48(72(77)78)36-57(84-9)60(45)81-66/h10-36H,37-39H2,1-9H3. The Morgan fingerprint density at radius 2 is 0.667 bits per heavy atom. The van der Waals surface area contributed by atoms with Crippen LogP contribution in [0.1, 0.15) is 91.6 Å². The molecular formula is C66H60N6O9S3. The van der Waals surface area contributed by atoms with Gasteiger partial charge in [0, 0.05) is 89.8 Å². The quantitative estimate of drug-likeness (QED) is 0.0643. The molecule has 426 valence electrons. The number of nitro groups is 3. The van der Waals surface area contributed by atoms with E-state index in [0.717, 1.165) is 50.4 Å². The monoisotopic (exact) mass is 1180 g/mol. The molecule has 0 aromatic heterocycles. The van der Waals surface area contributed by atoms with Crippen LogP contribution in [0, 0.1) is 30.3 Å². The van der Waals surface area contributed by atoms with E-state index < -0.39 is 33.4 Å². The number of hydrogen-bond acceptors (Lipinski definition) is 15. The van der Waals surface area contributed by atoms with Gasteiger partial charge in [0.1, 0.15) is 17.2 Å². The molecule has 3 unspecified atom stereocenters. The van der Waals surface area contributed by atoms with Crippen molar-refractivity contribution < 1.29 is 29.0 Å². The minimum atomic E-state index is -1.10. The zero-order chi connectivity index (χ0) is 59.0. The molecule has 0 saturated heterocycles. The largest absolute Gasteiger partial charge is 0.462 e. The maximum absolute atomic E-state index is 12.2.